The average Bonchev–Trinajstić information content (AvgIpc) is 2.66. The van der Waals surface area contributed by atoms with Gasteiger partial charge in [0.15, 0.2) is 0 Å². The van der Waals surface area contributed by atoms with E-state index in [2.05, 4.69) is 48.9 Å². The van der Waals surface area contributed by atoms with Gasteiger partial charge in [0.1, 0.15) is 0 Å². The molecule has 0 amide bonds. The maximum absolute atomic E-state index is 12.9. The monoisotopic (exact) mass is 394 g/mol. The number of rotatable bonds is 8. The van der Waals surface area contributed by atoms with Crippen LogP contribution >= 0.6 is 7.26 Å². The van der Waals surface area contributed by atoms with Gasteiger partial charge < -0.3 is 0 Å². The topological polar surface area (TPSA) is 35.9 Å². The molecule has 0 aliphatic heterocycles. The molecule has 2 rings (SSSR count). The van der Waals surface area contributed by atoms with Gasteiger partial charge in [-0.05, 0) is 0 Å². The van der Waals surface area contributed by atoms with Gasteiger partial charge in [0.25, 0.3) is 0 Å². The van der Waals surface area contributed by atoms with Crippen molar-refractivity contribution in [1.82, 2.24) is 5.32 Å². The Labute approximate surface area is 159 Å². The van der Waals surface area contributed by atoms with E-state index in [4.69, 9.17) is 5.41 Å². The number of hydrogen-bond acceptors (Lipinski definition) is 2. The van der Waals surface area contributed by atoms with E-state index >= 15 is 0 Å². The van der Waals surface area contributed by atoms with Crippen LogP contribution in [-0.4, -0.2) is 31.3 Å². The van der Waals surface area contributed by atoms with E-state index in [0.717, 1.165) is 24.2 Å². The molecule has 0 atom stereocenters. The van der Waals surface area contributed by atoms with Gasteiger partial charge in [0.05, 0.1) is 0 Å². The molecule has 1 aromatic carbocycles. The fourth-order valence-electron chi connectivity index (χ4n) is 3.20. The third-order valence-electron chi connectivity index (χ3n) is 4.68. The van der Waals surface area contributed by atoms with Crippen LogP contribution in [0.25, 0.3) is 0 Å². The minimum absolute atomic E-state index is 0.352. The van der Waals surface area contributed by atoms with Gasteiger partial charge in [-0.3, -0.25) is 0 Å². The SMILES string of the molecule is C=CCN/C(=C\C(=N)C(F)(F)F)C[PH](C)(C1=CCCC=C1)c1ccccc1. The first-order valence-electron chi connectivity index (χ1n) is 8.91. The van der Waals surface area contributed by atoms with Crippen molar-refractivity contribution in [2.45, 2.75) is 19.0 Å². The Bertz CT molecular complexity index is 763. The molecule has 0 radical (unpaired) electrons. The minimum atomic E-state index is -4.66. The second-order valence-electron chi connectivity index (χ2n) is 6.76. The van der Waals surface area contributed by atoms with Gasteiger partial charge in [-0.15, -0.1) is 0 Å². The molecule has 2 nitrogen and oxygen atoms in total. The normalized spacial score (nSPS) is 15.9. The molecule has 146 valence electrons. The summed E-state index contributed by atoms with van der Waals surface area (Å²) in [4.78, 5) is 0. The molecule has 1 aliphatic rings. The van der Waals surface area contributed by atoms with E-state index in [0.29, 0.717) is 18.4 Å². The zero-order chi connectivity index (χ0) is 19.9. The molecule has 0 spiro atoms. The van der Waals surface area contributed by atoms with E-state index in [1.54, 1.807) is 6.08 Å². The molecule has 0 aromatic heterocycles. The molecule has 0 fully saturated rings. The van der Waals surface area contributed by atoms with Gasteiger partial charge in [-0.1, -0.05) is 0 Å². The van der Waals surface area contributed by atoms with Crippen molar-refractivity contribution in [3.05, 3.63) is 78.3 Å². The summed E-state index contributed by atoms with van der Waals surface area (Å²) >= 11 is 0. The summed E-state index contributed by atoms with van der Waals surface area (Å²) in [6.07, 6.45) is 6.70. The molecule has 27 heavy (non-hydrogen) atoms. The van der Waals surface area contributed by atoms with Crippen molar-refractivity contribution in [1.29, 1.82) is 5.41 Å². The Morgan fingerprint density at radius 2 is 1.96 bits per heavy atom. The summed E-state index contributed by atoms with van der Waals surface area (Å²) in [6.45, 7) is 6.15. The molecule has 2 N–H and O–H groups in total. The van der Waals surface area contributed by atoms with E-state index in [1.807, 2.05) is 18.2 Å². The molecule has 0 saturated heterocycles. The van der Waals surface area contributed by atoms with Crippen LogP contribution in [0.4, 0.5) is 13.2 Å². The van der Waals surface area contributed by atoms with Crippen LogP contribution in [-0.2, 0) is 0 Å². The Morgan fingerprint density at radius 1 is 1.26 bits per heavy atom. The molecular weight excluding hydrogens is 368 g/mol. The second-order valence-corrected chi connectivity index (χ2v) is 10.9. The number of alkyl halides is 3. The fourth-order valence-corrected chi connectivity index (χ4v) is 6.94. The number of benzene rings is 1. The van der Waals surface area contributed by atoms with Crippen LogP contribution < -0.4 is 10.6 Å². The van der Waals surface area contributed by atoms with E-state index < -0.39 is 19.2 Å². The van der Waals surface area contributed by atoms with Crippen molar-refractivity contribution in [2.24, 2.45) is 0 Å². The van der Waals surface area contributed by atoms with E-state index in [9.17, 15) is 13.2 Å². The summed E-state index contributed by atoms with van der Waals surface area (Å²) in [5.41, 5.74) is -0.915. The maximum atomic E-state index is 12.9. The molecular formula is C21H26F3N2P. The quantitative estimate of drug-likeness (QED) is 0.356. The second kappa shape index (κ2) is 9.18. The molecule has 6 heteroatoms. The van der Waals surface area contributed by atoms with Crippen molar-refractivity contribution in [3.63, 3.8) is 0 Å². The standard InChI is InChI=1S/C21H26F3N2P/c1-3-14-26-17(15-20(25)21(22,23)24)16-27(2,18-10-6-4-7-11-18)19-12-8-5-9-13-19/h3-4,6-8,10-13,15,25-27H,1,5,9,14,16H2,2H3/b17-15-,25-20?. The molecule has 0 bridgehead atoms. The van der Waals surface area contributed by atoms with Crippen LogP contribution in [0.5, 0.6) is 0 Å². The van der Waals surface area contributed by atoms with Crippen LogP contribution in [0.3, 0.4) is 0 Å². The zero-order valence-electron chi connectivity index (χ0n) is 15.4. The summed E-state index contributed by atoms with van der Waals surface area (Å²) in [6, 6.07) is 9.97. The number of hydrogen-bond donors (Lipinski definition) is 2. The molecule has 1 aliphatic carbocycles. The van der Waals surface area contributed by atoms with Gasteiger partial charge >= 0.3 is 159 Å². The zero-order valence-corrected chi connectivity index (χ0v) is 16.4. The third kappa shape index (κ3) is 5.67. The summed E-state index contributed by atoms with van der Waals surface area (Å²) in [5.74, 6) is 0. The molecule has 1 aromatic rings. The van der Waals surface area contributed by atoms with Crippen LogP contribution in [0.2, 0.25) is 0 Å². The molecule has 0 saturated carbocycles. The van der Waals surface area contributed by atoms with E-state index in [-0.39, 0.29) is 0 Å². The number of halogens is 3. The summed E-state index contributed by atoms with van der Waals surface area (Å²) < 4.78 is 38.7. The van der Waals surface area contributed by atoms with Crippen LogP contribution in [0.15, 0.2) is 78.3 Å². The first kappa shape index (κ1) is 21.2. The van der Waals surface area contributed by atoms with Gasteiger partial charge in [0, 0.05) is 0 Å². The fraction of sp³-hybridized carbons (Fsp3) is 0.286. The summed E-state index contributed by atoms with van der Waals surface area (Å²) in [7, 11) is -2.32. The Kier molecular flexibility index (Phi) is 7.20. The number of allylic oxidation sites excluding steroid dienone is 6. The summed E-state index contributed by atoms with van der Waals surface area (Å²) in [5, 5.41) is 12.8. The Morgan fingerprint density at radius 3 is 2.52 bits per heavy atom. The van der Waals surface area contributed by atoms with Gasteiger partial charge in [-0.25, -0.2) is 0 Å². The van der Waals surface area contributed by atoms with Gasteiger partial charge in [0.2, 0.25) is 0 Å². The van der Waals surface area contributed by atoms with Crippen LogP contribution in [0.1, 0.15) is 12.8 Å². The van der Waals surface area contributed by atoms with Gasteiger partial charge in [-0.2, -0.15) is 0 Å². The third-order valence-corrected chi connectivity index (χ3v) is 9.03. The first-order chi connectivity index (χ1) is 12.8. The molecule has 0 heterocycles. The van der Waals surface area contributed by atoms with Crippen molar-refractivity contribution in [2.75, 3.05) is 19.4 Å². The number of nitrogens with one attached hydrogen (secondary N) is 2. The average molecular weight is 394 g/mol. The Balaban J connectivity index is 2.45. The van der Waals surface area contributed by atoms with Crippen molar-refractivity contribution < 1.29 is 13.2 Å². The Hall–Kier alpha value is -2.13. The van der Waals surface area contributed by atoms with Crippen molar-refractivity contribution in [3.8, 4) is 0 Å². The van der Waals surface area contributed by atoms with Crippen molar-refractivity contribution >= 4 is 18.3 Å². The molecule has 0 unspecified atom stereocenters. The van der Waals surface area contributed by atoms with E-state index in [1.165, 1.54) is 5.31 Å². The predicted molar refractivity (Wildman–Crippen MR) is 112 cm³/mol. The van der Waals surface area contributed by atoms with Crippen LogP contribution in [0, 0.1) is 5.41 Å². The predicted octanol–water partition coefficient (Wildman–Crippen LogP) is 5.17. The first-order valence-corrected chi connectivity index (χ1v) is 11.6.